The van der Waals surface area contributed by atoms with E-state index in [4.69, 9.17) is 0 Å². The summed E-state index contributed by atoms with van der Waals surface area (Å²) in [5.41, 5.74) is 5.34. The van der Waals surface area contributed by atoms with Gasteiger partial charge < -0.3 is 10.6 Å². The Hall–Kier alpha value is -2.14. The third kappa shape index (κ3) is 5.67. The molecule has 0 aliphatic carbocycles. The van der Waals surface area contributed by atoms with Gasteiger partial charge in [0.05, 0.1) is 17.1 Å². The molecule has 1 atom stereocenters. The van der Waals surface area contributed by atoms with Gasteiger partial charge in [-0.2, -0.15) is 5.10 Å². The zero-order valence-corrected chi connectivity index (χ0v) is 17.7. The largest absolute Gasteiger partial charge is 0.332 e. The second kappa shape index (κ2) is 9.70. The number of carbonyl (C=O) groups is 1. The van der Waals surface area contributed by atoms with Gasteiger partial charge in [-0.3, -0.25) is 9.48 Å². The van der Waals surface area contributed by atoms with E-state index in [0.29, 0.717) is 12.5 Å². The standard InChI is InChI=1S/C22H34N4O/c1-7-8-9-18-10-12-19(13-11-18)21(15(2)3)23-14-20(27)24-22-16(4)25-26(6)17(22)5/h10-13,15,21,23H,7-9,14H2,1-6H3,(H,24,27)/p+1/t21-/m0/s1. The van der Waals surface area contributed by atoms with Gasteiger partial charge in [0.25, 0.3) is 5.91 Å². The van der Waals surface area contributed by atoms with Gasteiger partial charge in [-0.05, 0) is 32.3 Å². The molecule has 2 aromatic rings. The first-order valence-electron chi connectivity index (χ1n) is 10.1. The lowest BCUT2D eigenvalue weighted by Gasteiger charge is -2.20. The van der Waals surface area contributed by atoms with Gasteiger partial charge in [-0.25, -0.2) is 0 Å². The maximum Gasteiger partial charge on any atom is 0.279 e. The van der Waals surface area contributed by atoms with Gasteiger partial charge in [-0.15, -0.1) is 0 Å². The number of nitrogens with one attached hydrogen (secondary N) is 1. The number of quaternary nitrogens is 1. The number of anilines is 1. The number of hydrogen-bond acceptors (Lipinski definition) is 2. The van der Waals surface area contributed by atoms with Gasteiger partial charge in [0.15, 0.2) is 6.54 Å². The van der Waals surface area contributed by atoms with Crippen LogP contribution >= 0.6 is 0 Å². The Morgan fingerprint density at radius 3 is 2.41 bits per heavy atom. The number of carbonyl (C=O) groups excluding carboxylic acids is 1. The molecule has 1 aromatic heterocycles. The molecule has 0 saturated carbocycles. The normalized spacial score (nSPS) is 12.4. The summed E-state index contributed by atoms with van der Waals surface area (Å²) in [6, 6.07) is 9.18. The number of rotatable bonds is 9. The average molecular weight is 372 g/mol. The molecule has 1 heterocycles. The van der Waals surface area contributed by atoms with Crippen LogP contribution in [-0.2, 0) is 18.3 Å². The molecule has 0 aliphatic rings. The van der Waals surface area contributed by atoms with Crippen molar-refractivity contribution in [2.75, 3.05) is 11.9 Å². The monoisotopic (exact) mass is 371 g/mol. The Bertz CT molecular complexity index is 746. The van der Waals surface area contributed by atoms with Crippen molar-refractivity contribution in [1.82, 2.24) is 9.78 Å². The summed E-state index contributed by atoms with van der Waals surface area (Å²) in [6.07, 6.45) is 3.58. The third-order valence-corrected chi connectivity index (χ3v) is 5.23. The zero-order chi connectivity index (χ0) is 20.0. The first-order valence-corrected chi connectivity index (χ1v) is 10.1. The molecular formula is C22H35N4O+. The highest BCUT2D eigenvalue weighted by Gasteiger charge is 2.21. The number of unbranched alkanes of at least 4 members (excludes halogenated alkanes) is 1. The molecular weight excluding hydrogens is 336 g/mol. The topological polar surface area (TPSA) is 63.5 Å². The Balaban J connectivity index is 1.98. The van der Waals surface area contributed by atoms with E-state index in [0.717, 1.165) is 23.5 Å². The first kappa shape index (κ1) is 21.2. The maximum atomic E-state index is 12.5. The lowest BCUT2D eigenvalue weighted by Crippen LogP contribution is -2.88. The van der Waals surface area contributed by atoms with Crippen molar-refractivity contribution in [1.29, 1.82) is 0 Å². The number of benzene rings is 1. The van der Waals surface area contributed by atoms with Crippen LogP contribution in [0.5, 0.6) is 0 Å². The van der Waals surface area contributed by atoms with Crippen molar-refractivity contribution in [3.63, 3.8) is 0 Å². The average Bonchev–Trinajstić information content (AvgIpc) is 2.87. The molecule has 0 unspecified atom stereocenters. The van der Waals surface area contributed by atoms with Crippen LogP contribution < -0.4 is 10.6 Å². The second-order valence-electron chi connectivity index (χ2n) is 7.77. The molecule has 1 amide bonds. The minimum Gasteiger partial charge on any atom is -0.332 e. The highest BCUT2D eigenvalue weighted by atomic mass is 16.1. The molecule has 1 aromatic carbocycles. The summed E-state index contributed by atoms with van der Waals surface area (Å²) in [7, 11) is 1.89. The van der Waals surface area contributed by atoms with Gasteiger partial charge in [0.1, 0.15) is 6.04 Å². The fourth-order valence-corrected chi connectivity index (χ4v) is 3.46. The van der Waals surface area contributed by atoms with Crippen molar-refractivity contribution in [2.24, 2.45) is 13.0 Å². The lowest BCUT2D eigenvalue weighted by atomic mass is 9.94. The molecule has 148 valence electrons. The van der Waals surface area contributed by atoms with Crippen molar-refractivity contribution in [3.8, 4) is 0 Å². The van der Waals surface area contributed by atoms with Crippen molar-refractivity contribution in [3.05, 3.63) is 46.8 Å². The number of aryl methyl sites for hydroxylation is 3. The van der Waals surface area contributed by atoms with E-state index in [1.807, 2.05) is 20.9 Å². The van der Waals surface area contributed by atoms with E-state index in [9.17, 15) is 4.79 Å². The number of nitrogens with two attached hydrogens (primary N) is 1. The molecule has 27 heavy (non-hydrogen) atoms. The van der Waals surface area contributed by atoms with Gasteiger partial charge in [0, 0.05) is 18.5 Å². The van der Waals surface area contributed by atoms with Crippen LogP contribution in [0, 0.1) is 19.8 Å². The lowest BCUT2D eigenvalue weighted by molar-refractivity contribution is -0.692. The van der Waals surface area contributed by atoms with Crippen LogP contribution in [0.2, 0.25) is 0 Å². The van der Waals surface area contributed by atoms with E-state index in [1.54, 1.807) is 4.68 Å². The van der Waals surface area contributed by atoms with E-state index in [2.05, 4.69) is 60.8 Å². The molecule has 2 rings (SSSR count). The van der Waals surface area contributed by atoms with Crippen LogP contribution in [-0.4, -0.2) is 22.2 Å². The predicted molar refractivity (Wildman–Crippen MR) is 111 cm³/mol. The van der Waals surface area contributed by atoms with Gasteiger partial charge in [-0.1, -0.05) is 51.5 Å². The molecule has 5 heteroatoms. The molecule has 0 fully saturated rings. The van der Waals surface area contributed by atoms with E-state index in [1.165, 1.54) is 24.0 Å². The summed E-state index contributed by atoms with van der Waals surface area (Å²) >= 11 is 0. The quantitative estimate of drug-likeness (QED) is 0.710. The zero-order valence-electron chi connectivity index (χ0n) is 17.7. The van der Waals surface area contributed by atoms with Crippen LogP contribution in [0.4, 0.5) is 5.69 Å². The summed E-state index contributed by atoms with van der Waals surface area (Å²) in [6.45, 7) is 10.9. The van der Waals surface area contributed by atoms with Gasteiger partial charge in [0.2, 0.25) is 0 Å². The highest BCUT2D eigenvalue weighted by molar-refractivity contribution is 5.92. The molecule has 0 spiro atoms. The van der Waals surface area contributed by atoms with Crippen molar-refractivity contribution < 1.29 is 10.1 Å². The minimum absolute atomic E-state index is 0.0133. The highest BCUT2D eigenvalue weighted by Crippen LogP contribution is 2.20. The fourth-order valence-electron chi connectivity index (χ4n) is 3.46. The summed E-state index contributed by atoms with van der Waals surface area (Å²) in [4.78, 5) is 12.5. The number of hydrogen-bond donors (Lipinski definition) is 2. The first-order chi connectivity index (χ1) is 12.8. The fraction of sp³-hybridized carbons (Fsp3) is 0.545. The Morgan fingerprint density at radius 1 is 1.22 bits per heavy atom. The maximum absolute atomic E-state index is 12.5. The Labute approximate surface area is 163 Å². The molecule has 0 saturated heterocycles. The summed E-state index contributed by atoms with van der Waals surface area (Å²) in [5.74, 6) is 0.459. The van der Waals surface area contributed by atoms with E-state index in [-0.39, 0.29) is 11.9 Å². The Kier molecular flexibility index (Phi) is 7.60. The minimum atomic E-state index is 0.0133. The number of nitrogens with zero attached hydrogens (tertiary/aromatic N) is 2. The van der Waals surface area contributed by atoms with Crippen LogP contribution in [0.1, 0.15) is 62.2 Å². The smallest absolute Gasteiger partial charge is 0.279 e. The van der Waals surface area contributed by atoms with Crippen molar-refractivity contribution in [2.45, 2.75) is 59.9 Å². The molecule has 3 N–H and O–H groups in total. The summed E-state index contributed by atoms with van der Waals surface area (Å²) in [5, 5.41) is 9.52. The number of amides is 1. The van der Waals surface area contributed by atoms with Crippen LogP contribution in [0.25, 0.3) is 0 Å². The molecule has 5 nitrogen and oxygen atoms in total. The molecule has 0 bridgehead atoms. The Morgan fingerprint density at radius 2 is 1.89 bits per heavy atom. The number of aromatic nitrogens is 2. The third-order valence-electron chi connectivity index (χ3n) is 5.23. The van der Waals surface area contributed by atoms with Crippen molar-refractivity contribution >= 4 is 11.6 Å². The SMILES string of the molecule is CCCCc1ccc([C@@H]([NH2+]CC(=O)Nc2c(C)nn(C)c2C)C(C)C)cc1. The van der Waals surface area contributed by atoms with E-state index < -0.39 is 0 Å². The molecule has 0 aliphatic heterocycles. The van der Waals surface area contributed by atoms with Crippen LogP contribution in [0.15, 0.2) is 24.3 Å². The predicted octanol–water partition coefficient (Wildman–Crippen LogP) is 3.28. The molecule has 0 radical (unpaired) electrons. The van der Waals surface area contributed by atoms with Gasteiger partial charge >= 0.3 is 0 Å². The van der Waals surface area contributed by atoms with Crippen LogP contribution in [0.3, 0.4) is 0 Å². The summed E-state index contributed by atoms with van der Waals surface area (Å²) < 4.78 is 1.80. The second-order valence-corrected chi connectivity index (χ2v) is 7.77. The van der Waals surface area contributed by atoms with E-state index >= 15 is 0 Å².